The Kier molecular flexibility index (Phi) is 26.8. The number of nitrogens with one attached hydrogen (secondary N) is 1. The molecule has 0 aliphatic rings. The van der Waals surface area contributed by atoms with Crippen LogP contribution in [0.15, 0.2) is 24.3 Å². The van der Waals surface area contributed by atoms with Crippen LogP contribution < -0.4 is 5.32 Å². The van der Waals surface area contributed by atoms with Crippen molar-refractivity contribution < 1.29 is 28.0 Å². The van der Waals surface area contributed by atoms with Crippen LogP contribution in [0.5, 0.6) is 0 Å². The lowest BCUT2D eigenvalue weighted by molar-refractivity contribution is -0.130. The second-order valence-corrected chi connectivity index (χ2v) is 13.1. The number of amides is 1. The Morgan fingerprint density at radius 1 is 0.659 bits per heavy atom. The van der Waals surface area contributed by atoms with E-state index in [1.54, 1.807) is 6.08 Å². The lowest BCUT2D eigenvalue weighted by Gasteiger charge is -2.22. The quantitative estimate of drug-likeness (QED) is 0.0394. The lowest BCUT2D eigenvalue weighted by atomic mass is 10.1. The number of carbonyl (C=O) groups is 1. The summed E-state index contributed by atoms with van der Waals surface area (Å²) in [5.41, 5.74) is 0. The van der Waals surface area contributed by atoms with Crippen molar-refractivity contribution in [1.82, 2.24) is 5.32 Å². The van der Waals surface area contributed by atoms with Gasteiger partial charge in [0.25, 0.3) is 10.1 Å². The predicted octanol–water partition coefficient (Wildman–Crippen LogP) is 7.82. The number of carbonyl (C=O) groups excluding carboxylic acids is 1. The number of aliphatic hydroxyl groups is 2. The molecule has 0 aromatic heterocycles. The highest BCUT2D eigenvalue weighted by Gasteiger charge is 2.27. The molecule has 1 amide bonds. The minimum absolute atomic E-state index is 0.266. The fourth-order valence-electron chi connectivity index (χ4n) is 4.86. The van der Waals surface area contributed by atoms with E-state index in [0.717, 1.165) is 64.2 Å². The number of rotatable bonds is 29. The van der Waals surface area contributed by atoms with Crippen LogP contribution in [0.3, 0.4) is 0 Å². The molecule has 0 aliphatic heterocycles. The maximum absolute atomic E-state index is 12.4. The van der Waals surface area contributed by atoms with Gasteiger partial charge >= 0.3 is 0 Å². The molecule has 0 bridgehead atoms. The fourth-order valence-corrected chi connectivity index (χ4v) is 5.59. The van der Waals surface area contributed by atoms with Gasteiger partial charge in [0, 0.05) is 0 Å². The second-order valence-electron chi connectivity index (χ2n) is 11.6. The van der Waals surface area contributed by atoms with Gasteiger partial charge in [0.1, 0.15) is 6.10 Å². The maximum Gasteiger partial charge on any atom is 0.267 e. The third-order valence-electron chi connectivity index (χ3n) is 7.48. The summed E-state index contributed by atoms with van der Waals surface area (Å²) in [7, 11) is -4.43. The summed E-state index contributed by atoms with van der Waals surface area (Å²) in [5.74, 6) is -1.55. The summed E-state index contributed by atoms with van der Waals surface area (Å²) in [6.07, 6.45) is 29.8. The molecule has 0 saturated carbocycles. The highest BCUT2D eigenvalue weighted by molar-refractivity contribution is 7.85. The van der Waals surface area contributed by atoms with Crippen molar-refractivity contribution in [1.29, 1.82) is 0 Å². The SMILES string of the molecule is CCCCCCC/C=C/C(O)C(CS(=O)(=O)O)NC(=O)C(O)CCCCCC/C=C\CCCCCCCCCCC. The highest BCUT2D eigenvalue weighted by atomic mass is 32.2. The van der Waals surface area contributed by atoms with E-state index >= 15 is 0 Å². The normalized spacial score (nSPS) is 14.6. The zero-order valence-corrected chi connectivity index (χ0v) is 27.1. The average molecular weight is 602 g/mol. The Morgan fingerprint density at radius 3 is 1.54 bits per heavy atom. The third kappa shape index (κ3) is 27.4. The van der Waals surface area contributed by atoms with Crippen molar-refractivity contribution in [2.45, 2.75) is 173 Å². The monoisotopic (exact) mass is 601 g/mol. The summed E-state index contributed by atoms with van der Waals surface area (Å²) in [5, 5.41) is 23.1. The highest BCUT2D eigenvalue weighted by Crippen LogP contribution is 2.12. The lowest BCUT2D eigenvalue weighted by Crippen LogP contribution is -2.50. The van der Waals surface area contributed by atoms with Gasteiger partial charge in [-0.15, -0.1) is 0 Å². The molecule has 0 aromatic rings. The number of hydrogen-bond acceptors (Lipinski definition) is 5. The van der Waals surface area contributed by atoms with E-state index in [1.165, 1.54) is 70.3 Å². The molecule has 0 saturated heterocycles. The van der Waals surface area contributed by atoms with Gasteiger partial charge in [0.15, 0.2) is 0 Å². The van der Waals surface area contributed by atoms with Gasteiger partial charge in [0.2, 0.25) is 5.91 Å². The van der Waals surface area contributed by atoms with Crippen molar-refractivity contribution in [3.63, 3.8) is 0 Å². The minimum Gasteiger partial charge on any atom is -0.387 e. The number of allylic oxidation sites excluding steroid dienone is 3. The van der Waals surface area contributed by atoms with E-state index in [2.05, 4.69) is 31.3 Å². The van der Waals surface area contributed by atoms with Crippen LogP contribution in [0.1, 0.15) is 155 Å². The molecule has 0 radical (unpaired) electrons. The topological polar surface area (TPSA) is 124 Å². The van der Waals surface area contributed by atoms with E-state index < -0.39 is 40.0 Å². The molecule has 4 N–H and O–H groups in total. The molecule has 3 unspecified atom stereocenters. The largest absolute Gasteiger partial charge is 0.387 e. The molecule has 3 atom stereocenters. The second kappa shape index (κ2) is 27.6. The summed E-state index contributed by atoms with van der Waals surface area (Å²) in [4.78, 5) is 12.4. The van der Waals surface area contributed by atoms with E-state index in [9.17, 15) is 28.0 Å². The van der Waals surface area contributed by atoms with E-state index in [-0.39, 0.29) is 6.42 Å². The van der Waals surface area contributed by atoms with Gasteiger partial charge in [-0.3, -0.25) is 9.35 Å². The Bertz CT molecular complexity index is 768. The molecule has 0 fully saturated rings. The van der Waals surface area contributed by atoms with Crippen LogP contribution >= 0.6 is 0 Å². The summed E-state index contributed by atoms with van der Waals surface area (Å²) < 4.78 is 32.1. The molecule has 242 valence electrons. The van der Waals surface area contributed by atoms with Gasteiger partial charge in [-0.1, -0.05) is 134 Å². The fraction of sp³-hybridized carbons (Fsp3) is 0.848. The first-order chi connectivity index (χ1) is 19.7. The van der Waals surface area contributed by atoms with Crippen molar-refractivity contribution >= 4 is 16.0 Å². The Labute approximate surface area is 252 Å². The molecule has 0 heterocycles. The van der Waals surface area contributed by atoms with Crippen LogP contribution in [0, 0.1) is 0 Å². The van der Waals surface area contributed by atoms with E-state index in [0.29, 0.717) is 6.42 Å². The van der Waals surface area contributed by atoms with Crippen LogP contribution in [-0.2, 0) is 14.9 Å². The van der Waals surface area contributed by atoms with Crippen molar-refractivity contribution in [2.75, 3.05) is 5.75 Å². The molecule has 0 aliphatic carbocycles. The van der Waals surface area contributed by atoms with Gasteiger partial charge in [-0.2, -0.15) is 8.42 Å². The van der Waals surface area contributed by atoms with Crippen molar-refractivity contribution in [2.24, 2.45) is 0 Å². The van der Waals surface area contributed by atoms with Gasteiger partial charge in [0.05, 0.1) is 17.9 Å². The molecular weight excluding hydrogens is 538 g/mol. The van der Waals surface area contributed by atoms with E-state index in [1.807, 2.05) is 0 Å². The number of unbranched alkanes of at least 4 members (excludes halogenated alkanes) is 18. The van der Waals surface area contributed by atoms with Crippen LogP contribution in [0.25, 0.3) is 0 Å². The standard InChI is InChI=1S/C33H63NO6S/c1-3-5-7-9-11-12-13-14-15-16-17-18-19-20-22-24-26-28-32(36)33(37)34-30(29-41(38,39)40)31(35)27-25-23-21-10-8-6-4-2/h17-18,25,27,30-32,35-36H,3-16,19-24,26,28-29H2,1-2H3,(H,34,37)(H,38,39,40)/b18-17-,27-25+. The Hall–Kier alpha value is -1.22. The first-order valence-corrected chi connectivity index (χ1v) is 18.3. The molecule has 0 spiro atoms. The Balaban J connectivity index is 4.07. The van der Waals surface area contributed by atoms with Crippen molar-refractivity contribution in [3.05, 3.63) is 24.3 Å². The molecule has 8 heteroatoms. The van der Waals surface area contributed by atoms with Crippen LogP contribution in [-0.4, -0.2) is 53.1 Å². The molecule has 0 rings (SSSR count). The zero-order chi connectivity index (χ0) is 30.6. The van der Waals surface area contributed by atoms with Crippen LogP contribution in [0.4, 0.5) is 0 Å². The predicted molar refractivity (Wildman–Crippen MR) is 172 cm³/mol. The number of aliphatic hydroxyl groups excluding tert-OH is 2. The van der Waals surface area contributed by atoms with Crippen LogP contribution in [0.2, 0.25) is 0 Å². The van der Waals surface area contributed by atoms with Gasteiger partial charge in [-0.05, 0) is 44.9 Å². The van der Waals surface area contributed by atoms with Crippen molar-refractivity contribution in [3.8, 4) is 0 Å². The van der Waals surface area contributed by atoms with Gasteiger partial charge in [-0.25, -0.2) is 0 Å². The Morgan fingerprint density at radius 2 is 1.07 bits per heavy atom. The molecule has 41 heavy (non-hydrogen) atoms. The summed E-state index contributed by atoms with van der Waals surface area (Å²) in [6, 6.07) is -1.23. The molecule has 7 nitrogen and oxygen atoms in total. The summed E-state index contributed by atoms with van der Waals surface area (Å²) >= 11 is 0. The maximum atomic E-state index is 12.4. The first-order valence-electron chi connectivity index (χ1n) is 16.6. The average Bonchev–Trinajstić information content (AvgIpc) is 2.92. The number of hydrogen-bond donors (Lipinski definition) is 4. The third-order valence-corrected chi connectivity index (χ3v) is 8.26. The first kappa shape index (κ1) is 39.8. The molecule has 0 aromatic carbocycles. The van der Waals surface area contributed by atoms with E-state index in [4.69, 9.17) is 0 Å². The smallest absolute Gasteiger partial charge is 0.267 e. The summed E-state index contributed by atoms with van der Waals surface area (Å²) in [6.45, 7) is 4.40. The van der Waals surface area contributed by atoms with Gasteiger partial charge < -0.3 is 15.5 Å². The zero-order valence-electron chi connectivity index (χ0n) is 26.3. The molecular formula is C33H63NO6S. The minimum atomic E-state index is -4.43.